The summed E-state index contributed by atoms with van der Waals surface area (Å²) in [5.41, 5.74) is 0.973. The van der Waals surface area contributed by atoms with Crippen molar-refractivity contribution in [3.05, 3.63) is 29.8 Å². The van der Waals surface area contributed by atoms with E-state index in [1.165, 1.54) is 4.31 Å². The maximum atomic E-state index is 12.3. The Labute approximate surface area is 126 Å². The van der Waals surface area contributed by atoms with Crippen LogP contribution in [0.4, 0.5) is 0 Å². The zero-order chi connectivity index (χ0) is 15.2. The molecule has 5 nitrogen and oxygen atoms in total. The third kappa shape index (κ3) is 4.16. The fourth-order valence-corrected chi connectivity index (χ4v) is 3.29. The highest BCUT2D eigenvalue weighted by Gasteiger charge is 2.20. The molecule has 0 spiro atoms. The summed E-state index contributed by atoms with van der Waals surface area (Å²) in [6.45, 7) is 5.17. The summed E-state index contributed by atoms with van der Waals surface area (Å²) in [6.07, 6.45) is 0. The number of nitrogens with one attached hydrogen (secondary N) is 2. The van der Waals surface area contributed by atoms with E-state index in [0.717, 1.165) is 5.56 Å². The maximum absolute atomic E-state index is 12.3. The van der Waals surface area contributed by atoms with Crippen LogP contribution in [0.2, 0.25) is 0 Å². The Kier molecular flexibility index (Phi) is 6.38. The normalized spacial score (nSPS) is 11.4. The molecule has 20 heavy (non-hydrogen) atoms. The van der Waals surface area contributed by atoms with Crippen LogP contribution >= 0.6 is 12.2 Å². The first kappa shape index (κ1) is 16.9. The first-order chi connectivity index (χ1) is 9.45. The minimum Gasteiger partial charge on any atom is -0.366 e. The molecule has 0 atom stereocenters. The topological polar surface area (TPSA) is 61.4 Å². The van der Waals surface area contributed by atoms with Crippen LogP contribution in [0.1, 0.15) is 19.4 Å². The Morgan fingerprint density at radius 3 is 2.20 bits per heavy atom. The first-order valence-electron chi connectivity index (χ1n) is 6.50. The summed E-state index contributed by atoms with van der Waals surface area (Å²) in [6, 6.07) is 6.85. The van der Waals surface area contributed by atoms with E-state index in [-0.39, 0.29) is 0 Å². The van der Waals surface area contributed by atoms with E-state index < -0.39 is 10.0 Å². The van der Waals surface area contributed by atoms with Crippen molar-refractivity contribution in [3.63, 3.8) is 0 Å². The molecule has 0 amide bonds. The lowest BCUT2D eigenvalue weighted by atomic mass is 10.2. The van der Waals surface area contributed by atoms with Crippen molar-refractivity contribution in [2.24, 2.45) is 0 Å². The van der Waals surface area contributed by atoms with Crippen LogP contribution in [0, 0.1) is 0 Å². The van der Waals surface area contributed by atoms with Gasteiger partial charge in [0.15, 0.2) is 5.11 Å². The number of sulfonamides is 1. The minimum atomic E-state index is -3.38. The second-order valence-corrected chi connectivity index (χ2v) is 6.51. The van der Waals surface area contributed by atoms with Gasteiger partial charge < -0.3 is 10.6 Å². The molecule has 7 heteroatoms. The Hall–Kier alpha value is -1.18. The summed E-state index contributed by atoms with van der Waals surface area (Å²) >= 11 is 4.98. The molecule has 1 aromatic rings. The maximum Gasteiger partial charge on any atom is 0.243 e. The number of nitrogens with zero attached hydrogens (tertiary/aromatic N) is 1. The Bertz CT molecular complexity index is 537. The van der Waals surface area contributed by atoms with Crippen LogP contribution in [0.3, 0.4) is 0 Å². The molecular weight excluding hydrogens is 294 g/mol. The van der Waals surface area contributed by atoms with E-state index >= 15 is 0 Å². The van der Waals surface area contributed by atoms with Gasteiger partial charge in [0.05, 0.1) is 4.90 Å². The van der Waals surface area contributed by atoms with Crippen molar-refractivity contribution >= 4 is 27.4 Å². The van der Waals surface area contributed by atoms with E-state index in [2.05, 4.69) is 10.6 Å². The molecule has 0 aliphatic rings. The fourth-order valence-electron chi connectivity index (χ4n) is 1.76. The standard InChI is InChI=1S/C13H21N3O2S2/c1-4-16(5-2)20(17,18)12-8-6-11(7-9-12)10-15-13(19)14-3/h6-9H,4-5,10H2,1-3H3,(H2,14,15,19). The minimum absolute atomic E-state index is 0.321. The van der Waals surface area contributed by atoms with Gasteiger partial charge in [-0.15, -0.1) is 0 Å². The molecule has 0 saturated heterocycles. The van der Waals surface area contributed by atoms with Crippen molar-refractivity contribution in [1.82, 2.24) is 14.9 Å². The SMILES string of the molecule is CCN(CC)S(=O)(=O)c1ccc(CNC(=S)NC)cc1. The van der Waals surface area contributed by atoms with E-state index in [1.807, 2.05) is 13.8 Å². The fraction of sp³-hybridized carbons (Fsp3) is 0.462. The predicted molar refractivity (Wildman–Crippen MR) is 85.0 cm³/mol. The molecule has 0 bridgehead atoms. The summed E-state index contributed by atoms with van der Waals surface area (Å²) in [5.74, 6) is 0. The van der Waals surface area contributed by atoms with Crippen LogP contribution in [-0.2, 0) is 16.6 Å². The zero-order valence-electron chi connectivity index (χ0n) is 12.0. The van der Waals surface area contributed by atoms with Gasteiger partial charge in [0.1, 0.15) is 0 Å². The van der Waals surface area contributed by atoms with Gasteiger partial charge in [0.25, 0.3) is 0 Å². The average Bonchev–Trinajstić information content (AvgIpc) is 2.46. The number of hydrogen-bond donors (Lipinski definition) is 2. The lowest BCUT2D eigenvalue weighted by Gasteiger charge is -2.18. The van der Waals surface area contributed by atoms with Crippen LogP contribution in [0.25, 0.3) is 0 Å². The first-order valence-corrected chi connectivity index (χ1v) is 8.35. The molecule has 0 saturated carbocycles. The zero-order valence-corrected chi connectivity index (χ0v) is 13.6. The van der Waals surface area contributed by atoms with Gasteiger partial charge in [0, 0.05) is 26.7 Å². The van der Waals surface area contributed by atoms with Gasteiger partial charge in [-0.2, -0.15) is 4.31 Å². The van der Waals surface area contributed by atoms with Gasteiger partial charge in [-0.1, -0.05) is 26.0 Å². The highest BCUT2D eigenvalue weighted by atomic mass is 32.2. The Morgan fingerprint density at radius 2 is 1.75 bits per heavy atom. The highest BCUT2D eigenvalue weighted by molar-refractivity contribution is 7.89. The van der Waals surface area contributed by atoms with E-state index in [9.17, 15) is 8.42 Å². The number of hydrogen-bond acceptors (Lipinski definition) is 3. The van der Waals surface area contributed by atoms with E-state index in [4.69, 9.17) is 12.2 Å². The second kappa shape index (κ2) is 7.56. The van der Waals surface area contributed by atoms with Crippen LogP contribution in [0.5, 0.6) is 0 Å². The number of rotatable bonds is 6. The highest BCUT2D eigenvalue weighted by Crippen LogP contribution is 2.16. The smallest absolute Gasteiger partial charge is 0.243 e. The van der Waals surface area contributed by atoms with Crippen molar-refractivity contribution in [2.45, 2.75) is 25.3 Å². The molecule has 112 valence electrons. The lowest BCUT2D eigenvalue weighted by Crippen LogP contribution is -2.32. The quantitative estimate of drug-likeness (QED) is 0.775. The third-order valence-corrected chi connectivity index (χ3v) is 5.36. The molecular formula is C13H21N3O2S2. The molecule has 0 fully saturated rings. The second-order valence-electron chi connectivity index (χ2n) is 4.17. The van der Waals surface area contributed by atoms with Gasteiger partial charge in [-0.3, -0.25) is 0 Å². The number of benzene rings is 1. The molecule has 0 heterocycles. The largest absolute Gasteiger partial charge is 0.366 e. The van der Waals surface area contributed by atoms with Crippen LogP contribution in [0.15, 0.2) is 29.2 Å². The van der Waals surface area contributed by atoms with E-state index in [0.29, 0.717) is 29.6 Å². The van der Waals surface area contributed by atoms with Crippen molar-refractivity contribution < 1.29 is 8.42 Å². The Balaban J connectivity index is 2.83. The third-order valence-electron chi connectivity index (χ3n) is 2.95. The molecule has 0 unspecified atom stereocenters. The van der Waals surface area contributed by atoms with Crippen molar-refractivity contribution in [1.29, 1.82) is 0 Å². The van der Waals surface area contributed by atoms with Crippen molar-refractivity contribution in [3.8, 4) is 0 Å². The van der Waals surface area contributed by atoms with Crippen LogP contribution < -0.4 is 10.6 Å². The molecule has 1 rings (SSSR count). The van der Waals surface area contributed by atoms with E-state index in [1.54, 1.807) is 31.3 Å². The van der Waals surface area contributed by atoms with Crippen LogP contribution in [-0.4, -0.2) is 38.0 Å². The molecule has 0 aromatic heterocycles. The molecule has 0 aliphatic heterocycles. The van der Waals surface area contributed by atoms with Gasteiger partial charge in [0.2, 0.25) is 10.0 Å². The molecule has 2 N–H and O–H groups in total. The van der Waals surface area contributed by atoms with Gasteiger partial charge >= 0.3 is 0 Å². The Morgan fingerprint density at radius 1 is 1.20 bits per heavy atom. The van der Waals surface area contributed by atoms with Gasteiger partial charge in [-0.25, -0.2) is 8.42 Å². The van der Waals surface area contributed by atoms with Crippen molar-refractivity contribution in [2.75, 3.05) is 20.1 Å². The number of thiocarbonyl (C=S) groups is 1. The summed E-state index contributed by atoms with van der Waals surface area (Å²) in [4.78, 5) is 0.321. The summed E-state index contributed by atoms with van der Waals surface area (Å²) in [5, 5.41) is 6.39. The lowest BCUT2D eigenvalue weighted by molar-refractivity contribution is 0.445. The summed E-state index contributed by atoms with van der Waals surface area (Å²) in [7, 11) is -1.63. The monoisotopic (exact) mass is 315 g/mol. The molecule has 0 radical (unpaired) electrons. The predicted octanol–water partition coefficient (Wildman–Crippen LogP) is 1.31. The average molecular weight is 315 g/mol. The molecule has 0 aliphatic carbocycles. The van der Waals surface area contributed by atoms with Gasteiger partial charge in [-0.05, 0) is 29.9 Å². The summed E-state index contributed by atoms with van der Waals surface area (Å²) < 4.78 is 26.0. The molecule has 1 aromatic carbocycles.